The number of carbonyl (C=O) groups is 2. The van der Waals surface area contributed by atoms with Crippen LogP contribution < -0.4 is 14.4 Å². The fourth-order valence-electron chi connectivity index (χ4n) is 4.45. The van der Waals surface area contributed by atoms with Crippen LogP contribution in [0, 0.1) is 13.8 Å². The fourth-order valence-corrected chi connectivity index (χ4v) is 4.45. The van der Waals surface area contributed by atoms with Crippen molar-refractivity contribution >= 4 is 17.4 Å². The van der Waals surface area contributed by atoms with Crippen LogP contribution in [0.15, 0.2) is 60.7 Å². The summed E-state index contributed by atoms with van der Waals surface area (Å²) in [7, 11) is 3.11. The van der Waals surface area contributed by atoms with Crippen molar-refractivity contribution in [3.63, 3.8) is 0 Å². The summed E-state index contributed by atoms with van der Waals surface area (Å²) in [6.45, 7) is 4.03. The Bertz CT molecular complexity index is 1230. The molecule has 0 saturated heterocycles. The molecule has 6 nitrogen and oxygen atoms in total. The maximum Gasteiger partial charge on any atom is 0.264 e. The molecule has 1 amide bonds. The molecule has 0 radical (unpaired) electrons. The van der Waals surface area contributed by atoms with Crippen LogP contribution in [0.1, 0.15) is 39.0 Å². The minimum absolute atomic E-state index is 0.219. The zero-order valence-corrected chi connectivity index (χ0v) is 19.2. The van der Waals surface area contributed by atoms with E-state index in [1.54, 1.807) is 50.6 Å². The summed E-state index contributed by atoms with van der Waals surface area (Å²) in [6.07, 6.45) is -0.324. The van der Waals surface area contributed by atoms with Crippen molar-refractivity contribution in [1.82, 2.24) is 0 Å². The quantitative estimate of drug-likeness (QED) is 0.548. The summed E-state index contributed by atoms with van der Waals surface area (Å²) >= 11 is 0. The van der Waals surface area contributed by atoms with Crippen LogP contribution in [0.3, 0.4) is 0 Å². The SMILES string of the molecule is COc1ccc(CN2C(=O)C(O)(CC(=O)c3ccc(C)cc3C)c3ccccc32)cc1OC. The first-order valence-corrected chi connectivity index (χ1v) is 10.7. The Morgan fingerprint density at radius 1 is 0.970 bits per heavy atom. The maximum atomic E-state index is 13.5. The van der Waals surface area contributed by atoms with Gasteiger partial charge < -0.3 is 19.5 Å². The van der Waals surface area contributed by atoms with Crippen LogP contribution in [0.25, 0.3) is 0 Å². The van der Waals surface area contributed by atoms with Gasteiger partial charge in [-0.1, -0.05) is 48.0 Å². The molecule has 3 aromatic carbocycles. The van der Waals surface area contributed by atoms with Gasteiger partial charge in [0.15, 0.2) is 22.9 Å². The van der Waals surface area contributed by atoms with E-state index in [1.807, 2.05) is 38.1 Å². The molecule has 3 aromatic rings. The minimum atomic E-state index is -1.93. The standard InChI is InChI=1S/C27H27NO5/c1-17-9-11-20(18(2)13-17)23(29)15-27(31)21-7-5-6-8-22(21)28(26(27)30)16-19-10-12-24(32-3)25(14-19)33-4/h5-14,31H,15-16H2,1-4H3. The normalized spacial score (nSPS) is 17.1. The smallest absolute Gasteiger partial charge is 0.264 e. The monoisotopic (exact) mass is 445 g/mol. The van der Waals surface area contributed by atoms with Gasteiger partial charge in [0.25, 0.3) is 5.91 Å². The van der Waals surface area contributed by atoms with E-state index in [-0.39, 0.29) is 18.7 Å². The molecule has 0 saturated carbocycles. The third-order valence-electron chi connectivity index (χ3n) is 6.13. The summed E-state index contributed by atoms with van der Waals surface area (Å²) in [4.78, 5) is 28.2. The van der Waals surface area contributed by atoms with E-state index >= 15 is 0 Å². The summed E-state index contributed by atoms with van der Waals surface area (Å²) in [5.74, 6) is 0.350. The van der Waals surface area contributed by atoms with Gasteiger partial charge >= 0.3 is 0 Å². The summed E-state index contributed by atoms with van der Waals surface area (Å²) < 4.78 is 10.7. The van der Waals surface area contributed by atoms with Crippen molar-refractivity contribution in [3.05, 3.63) is 88.5 Å². The zero-order valence-electron chi connectivity index (χ0n) is 19.2. The second kappa shape index (κ2) is 8.71. The number of hydrogen-bond donors (Lipinski definition) is 1. The average molecular weight is 446 g/mol. The van der Waals surface area contributed by atoms with Crippen molar-refractivity contribution in [1.29, 1.82) is 0 Å². The van der Waals surface area contributed by atoms with Gasteiger partial charge in [-0.3, -0.25) is 9.59 Å². The summed E-state index contributed by atoms with van der Waals surface area (Å²) in [5.41, 5.74) is 2.29. The largest absolute Gasteiger partial charge is 0.493 e. The van der Waals surface area contributed by atoms with Crippen LogP contribution in [0.5, 0.6) is 11.5 Å². The molecule has 1 aliphatic heterocycles. The molecule has 33 heavy (non-hydrogen) atoms. The number of ether oxygens (including phenoxy) is 2. The Kier molecular flexibility index (Phi) is 5.95. The number of Topliss-reactive ketones (excluding diaryl/α,β-unsaturated/α-hetero) is 1. The molecule has 170 valence electrons. The summed E-state index contributed by atoms with van der Waals surface area (Å²) in [5, 5.41) is 11.6. The van der Waals surface area contributed by atoms with Crippen LogP contribution >= 0.6 is 0 Å². The Labute approximate surface area is 193 Å². The predicted octanol–water partition coefficient (Wildman–Crippen LogP) is 4.33. The molecule has 0 aromatic heterocycles. The van der Waals surface area contributed by atoms with E-state index in [2.05, 4.69) is 0 Å². The molecule has 1 aliphatic rings. The first kappa shape index (κ1) is 22.6. The van der Waals surface area contributed by atoms with Gasteiger partial charge in [0.05, 0.1) is 32.9 Å². The molecule has 1 N–H and O–H groups in total. The highest BCUT2D eigenvalue weighted by Crippen LogP contribution is 2.44. The molecular formula is C27H27NO5. The lowest BCUT2D eigenvalue weighted by Gasteiger charge is -2.23. The number of aryl methyl sites for hydroxylation is 2. The molecular weight excluding hydrogens is 418 g/mol. The number of methoxy groups -OCH3 is 2. The van der Waals surface area contributed by atoms with Crippen LogP contribution in [-0.4, -0.2) is 31.0 Å². The third kappa shape index (κ3) is 3.98. The highest BCUT2D eigenvalue weighted by molar-refractivity contribution is 6.11. The van der Waals surface area contributed by atoms with Gasteiger partial charge in [-0.15, -0.1) is 0 Å². The van der Waals surface area contributed by atoms with E-state index in [0.717, 1.165) is 16.7 Å². The Morgan fingerprint density at radius 2 is 1.70 bits per heavy atom. The molecule has 1 atom stereocenters. The van der Waals surface area contributed by atoms with E-state index in [9.17, 15) is 14.7 Å². The Balaban J connectivity index is 1.67. The number of rotatable bonds is 7. The molecule has 1 unspecified atom stereocenters. The van der Waals surface area contributed by atoms with Gasteiger partial charge in [-0.05, 0) is 43.2 Å². The lowest BCUT2D eigenvalue weighted by molar-refractivity contribution is -0.136. The van der Waals surface area contributed by atoms with Gasteiger partial charge in [0, 0.05) is 11.1 Å². The molecule has 1 heterocycles. The van der Waals surface area contributed by atoms with E-state index < -0.39 is 11.5 Å². The highest BCUT2D eigenvalue weighted by atomic mass is 16.5. The van der Waals surface area contributed by atoms with Crippen molar-refractivity contribution < 1.29 is 24.2 Å². The van der Waals surface area contributed by atoms with E-state index in [0.29, 0.717) is 28.3 Å². The Hall–Kier alpha value is -3.64. The van der Waals surface area contributed by atoms with E-state index in [1.165, 1.54) is 4.90 Å². The third-order valence-corrected chi connectivity index (χ3v) is 6.13. The molecule has 0 fully saturated rings. The molecule has 6 heteroatoms. The van der Waals surface area contributed by atoms with Crippen LogP contribution in [-0.2, 0) is 16.9 Å². The number of fused-ring (bicyclic) bond motifs is 1. The number of para-hydroxylation sites is 1. The Morgan fingerprint density at radius 3 is 2.39 bits per heavy atom. The molecule has 4 rings (SSSR count). The maximum absolute atomic E-state index is 13.5. The average Bonchev–Trinajstić information content (AvgIpc) is 3.00. The number of ketones is 1. The van der Waals surface area contributed by atoms with Gasteiger partial charge in [-0.2, -0.15) is 0 Å². The van der Waals surface area contributed by atoms with Crippen molar-refractivity contribution in [2.75, 3.05) is 19.1 Å². The topological polar surface area (TPSA) is 76.1 Å². The van der Waals surface area contributed by atoms with Gasteiger partial charge in [-0.25, -0.2) is 0 Å². The number of amides is 1. The van der Waals surface area contributed by atoms with Crippen molar-refractivity contribution in [2.45, 2.75) is 32.4 Å². The molecule has 0 spiro atoms. The second-order valence-electron chi connectivity index (χ2n) is 8.38. The number of nitrogens with zero attached hydrogens (tertiary/aromatic N) is 1. The highest BCUT2D eigenvalue weighted by Gasteiger charge is 2.50. The number of carbonyl (C=O) groups excluding carboxylic acids is 2. The van der Waals surface area contributed by atoms with Crippen molar-refractivity contribution in [3.8, 4) is 11.5 Å². The first-order chi connectivity index (χ1) is 15.8. The van der Waals surface area contributed by atoms with Crippen molar-refractivity contribution in [2.24, 2.45) is 0 Å². The lowest BCUT2D eigenvalue weighted by Crippen LogP contribution is -2.41. The van der Waals surface area contributed by atoms with Gasteiger partial charge in [0.1, 0.15) is 0 Å². The van der Waals surface area contributed by atoms with Crippen LogP contribution in [0.2, 0.25) is 0 Å². The fraction of sp³-hybridized carbons (Fsp3) is 0.259. The first-order valence-electron chi connectivity index (χ1n) is 10.7. The predicted molar refractivity (Wildman–Crippen MR) is 126 cm³/mol. The zero-order chi connectivity index (χ0) is 23.8. The van der Waals surface area contributed by atoms with Gasteiger partial charge in [0.2, 0.25) is 0 Å². The molecule has 0 aliphatic carbocycles. The number of benzene rings is 3. The number of aliphatic hydroxyl groups is 1. The summed E-state index contributed by atoms with van der Waals surface area (Å²) in [6, 6.07) is 18.0. The van der Waals surface area contributed by atoms with E-state index in [4.69, 9.17) is 9.47 Å². The van der Waals surface area contributed by atoms with Crippen LogP contribution in [0.4, 0.5) is 5.69 Å². The molecule has 0 bridgehead atoms. The second-order valence-corrected chi connectivity index (χ2v) is 8.38. The lowest BCUT2D eigenvalue weighted by atomic mass is 9.87. The number of hydrogen-bond acceptors (Lipinski definition) is 5. The number of anilines is 1. The minimum Gasteiger partial charge on any atom is -0.493 e.